The van der Waals surface area contributed by atoms with Crippen LogP contribution in [0, 0.1) is 5.41 Å². The lowest BCUT2D eigenvalue weighted by atomic mass is 9.85. The van der Waals surface area contributed by atoms with Gasteiger partial charge in [0, 0.05) is 17.6 Å². The van der Waals surface area contributed by atoms with Gasteiger partial charge >= 0.3 is 0 Å². The van der Waals surface area contributed by atoms with Gasteiger partial charge in [-0.3, -0.25) is 14.4 Å². The van der Waals surface area contributed by atoms with Crippen LogP contribution in [0.1, 0.15) is 40.5 Å². The number of likely N-dealkylation sites (N-methyl/N-ethyl adjacent to an activating group) is 1. The number of carbonyl (C=O) groups is 3. The fourth-order valence-corrected chi connectivity index (χ4v) is 4.07. The van der Waals surface area contributed by atoms with Crippen molar-refractivity contribution in [3.63, 3.8) is 0 Å². The van der Waals surface area contributed by atoms with Crippen LogP contribution >= 0.6 is 0 Å². The van der Waals surface area contributed by atoms with Crippen LogP contribution in [0.3, 0.4) is 0 Å². The van der Waals surface area contributed by atoms with E-state index in [1.54, 1.807) is 18.9 Å². The standard InChI is InChI=1S/C25H34N4O3/c1-16(26-5)22(30)28-21(25(2,3)4)24(32)29-15-9-14-20(29)23(31)27-19-13-8-11-17-10-6-7-12-18(17)19/h6-8,10-13,16,20-21,26H,9,14-15H2,1-5H3,(H,27,31)(H,28,30)/t16-,20-,21+/m0/s1. The Morgan fingerprint density at radius 3 is 2.44 bits per heavy atom. The maximum atomic E-state index is 13.5. The summed E-state index contributed by atoms with van der Waals surface area (Å²) >= 11 is 0. The molecule has 3 N–H and O–H groups in total. The maximum absolute atomic E-state index is 13.5. The minimum absolute atomic E-state index is 0.199. The van der Waals surface area contributed by atoms with E-state index < -0.39 is 23.5 Å². The summed E-state index contributed by atoms with van der Waals surface area (Å²) in [6.07, 6.45) is 1.34. The van der Waals surface area contributed by atoms with Gasteiger partial charge in [0.25, 0.3) is 0 Å². The number of anilines is 1. The van der Waals surface area contributed by atoms with E-state index in [0.717, 1.165) is 22.9 Å². The van der Waals surface area contributed by atoms with Gasteiger partial charge in [-0.25, -0.2) is 0 Å². The van der Waals surface area contributed by atoms with E-state index in [0.29, 0.717) is 13.0 Å². The van der Waals surface area contributed by atoms with E-state index in [1.807, 2.05) is 63.2 Å². The molecule has 7 nitrogen and oxygen atoms in total. The number of fused-ring (bicyclic) bond motifs is 1. The summed E-state index contributed by atoms with van der Waals surface area (Å²) < 4.78 is 0. The molecule has 1 aliphatic rings. The van der Waals surface area contributed by atoms with E-state index in [2.05, 4.69) is 16.0 Å². The number of hydrogen-bond donors (Lipinski definition) is 3. The highest BCUT2D eigenvalue weighted by atomic mass is 16.2. The number of benzene rings is 2. The first-order valence-corrected chi connectivity index (χ1v) is 11.2. The molecule has 3 rings (SSSR count). The predicted octanol–water partition coefficient (Wildman–Crippen LogP) is 2.91. The zero-order valence-electron chi connectivity index (χ0n) is 19.6. The van der Waals surface area contributed by atoms with Crippen LogP contribution in [0.4, 0.5) is 5.69 Å². The zero-order valence-corrected chi connectivity index (χ0v) is 19.6. The molecule has 172 valence electrons. The fraction of sp³-hybridized carbons (Fsp3) is 0.480. The summed E-state index contributed by atoms with van der Waals surface area (Å²) in [5.74, 6) is -0.656. The second-order valence-corrected chi connectivity index (χ2v) is 9.52. The average Bonchev–Trinajstić information content (AvgIpc) is 3.26. The highest BCUT2D eigenvalue weighted by Gasteiger charge is 2.42. The molecule has 7 heteroatoms. The maximum Gasteiger partial charge on any atom is 0.247 e. The van der Waals surface area contributed by atoms with Gasteiger partial charge in [0.15, 0.2) is 0 Å². The Morgan fingerprint density at radius 1 is 1.06 bits per heavy atom. The van der Waals surface area contributed by atoms with E-state index in [1.165, 1.54) is 0 Å². The molecular formula is C25H34N4O3. The molecule has 0 saturated carbocycles. The summed E-state index contributed by atoms with van der Waals surface area (Å²) in [5.41, 5.74) is 0.232. The molecule has 1 heterocycles. The first-order valence-electron chi connectivity index (χ1n) is 11.2. The molecule has 0 unspecified atom stereocenters. The normalized spacial score (nSPS) is 18.3. The zero-order chi connectivity index (χ0) is 23.5. The van der Waals surface area contributed by atoms with Gasteiger partial charge in [0.1, 0.15) is 12.1 Å². The van der Waals surface area contributed by atoms with Gasteiger partial charge in [-0.15, -0.1) is 0 Å². The first kappa shape index (κ1) is 23.7. The van der Waals surface area contributed by atoms with Crippen LogP contribution < -0.4 is 16.0 Å². The number of nitrogens with zero attached hydrogens (tertiary/aromatic N) is 1. The number of likely N-dealkylation sites (tertiary alicyclic amines) is 1. The molecular weight excluding hydrogens is 404 g/mol. The largest absolute Gasteiger partial charge is 0.342 e. The van der Waals surface area contributed by atoms with Crippen molar-refractivity contribution in [1.82, 2.24) is 15.5 Å². The minimum atomic E-state index is -0.725. The molecule has 0 aromatic heterocycles. The number of rotatable bonds is 6. The van der Waals surface area contributed by atoms with Crippen LogP contribution in [0.2, 0.25) is 0 Å². The van der Waals surface area contributed by atoms with E-state index in [9.17, 15) is 14.4 Å². The number of hydrogen-bond acceptors (Lipinski definition) is 4. The van der Waals surface area contributed by atoms with Crippen molar-refractivity contribution in [2.75, 3.05) is 18.9 Å². The molecule has 0 bridgehead atoms. The molecule has 1 aliphatic heterocycles. The summed E-state index contributed by atoms with van der Waals surface area (Å²) in [4.78, 5) is 40.9. The summed E-state index contributed by atoms with van der Waals surface area (Å²) in [7, 11) is 1.70. The minimum Gasteiger partial charge on any atom is -0.342 e. The summed E-state index contributed by atoms with van der Waals surface area (Å²) in [6.45, 7) is 8.00. The Balaban J connectivity index is 1.80. The molecule has 1 saturated heterocycles. The molecule has 3 amide bonds. The van der Waals surface area contributed by atoms with Crippen molar-refractivity contribution in [3.8, 4) is 0 Å². The number of carbonyl (C=O) groups excluding carboxylic acids is 3. The molecule has 1 fully saturated rings. The molecule has 0 aliphatic carbocycles. The van der Waals surface area contributed by atoms with E-state index in [-0.39, 0.29) is 17.7 Å². The Kier molecular flexibility index (Phi) is 7.19. The first-order chi connectivity index (χ1) is 15.1. The van der Waals surface area contributed by atoms with Crippen molar-refractivity contribution in [2.45, 2.75) is 58.7 Å². The molecule has 2 aromatic carbocycles. The molecule has 3 atom stereocenters. The summed E-state index contributed by atoms with van der Waals surface area (Å²) in [5, 5.41) is 10.8. The van der Waals surface area contributed by atoms with Gasteiger partial charge in [-0.05, 0) is 43.7 Å². The predicted molar refractivity (Wildman–Crippen MR) is 127 cm³/mol. The van der Waals surface area contributed by atoms with Crippen LogP contribution in [0.5, 0.6) is 0 Å². The smallest absolute Gasteiger partial charge is 0.247 e. The second kappa shape index (κ2) is 9.69. The monoisotopic (exact) mass is 438 g/mol. The summed E-state index contributed by atoms with van der Waals surface area (Å²) in [6, 6.07) is 11.9. The lowest BCUT2D eigenvalue weighted by molar-refractivity contribution is -0.143. The highest BCUT2D eigenvalue weighted by molar-refractivity contribution is 6.05. The van der Waals surface area contributed by atoms with Crippen LogP contribution in [-0.4, -0.2) is 54.3 Å². The van der Waals surface area contributed by atoms with Gasteiger partial charge < -0.3 is 20.9 Å². The molecule has 32 heavy (non-hydrogen) atoms. The number of amides is 3. The lowest BCUT2D eigenvalue weighted by Crippen LogP contribution is -2.59. The topological polar surface area (TPSA) is 90.5 Å². The third-order valence-corrected chi connectivity index (χ3v) is 6.11. The Bertz CT molecular complexity index is 993. The van der Waals surface area contributed by atoms with Gasteiger partial charge in [0.05, 0.1) is 6.04 Å². The Hall–Kier alpha value is -2.93. The van der Waals surface area contributed by atoms with Crippen molar-refractivity contribution in [1.29, 1.82) is 0 Å². The van der Waals surface area contributed by atoms with Crippen LogP contribution in [-0.2, 0) is 14.4 Å². The molecule has 2 aromatic rings. The lowest BCUT2D eigenvalue weighted by Gasteiger charge is -2.36. The van der Waals surface area contributed by atoms with Crippen LogP contribution in [0.25, 0.3) is 10.8 Å². The molecule has 0 radical (unpaired) electrons. The number of nitrogens with one attached hydrogen (secondary N) is 3. The van der Waals surface area contributed by atoms with Crippen molar-refractivity contribution >= 4 is 34.2 Å². The third kappa shape index (κ3) is 5.10. The van der Waals surface area contributed by atoms with Gasteiger partial charge in [0.2, 0.25) is 17.7 Å². The van der Waals surface area contributed by atoms with E-state index in [4.69, 9.17) is 0 Å². The SMILES string of the molecule is CN[C@@H](C)C(=O)N[C@H](C(=O)N1CCC[C@H]1C(=O)Nc1cccc2ccccc12)C(C)(C)C. The Morgan fingerprint density at radius 2 is 1.75 bits per heavy atom. The van der Waals surface area contributed by atoms with Gasteiger partial charge in [-0.1, -0.05) is 57.2 Å². The average molecular weight is 439 g/mol. The highest BCUT2D eigenvalue weighted by Crippen LogP contribution is 2.28. The van der Waals surface area contributed by atoms with Gasteiger partial charge in [-0.2, -0.15) is 0 Å². The van der Waals surface area contributed by atoms with Crippen LogP contribution in [0.15, 0.2) is 42.5 Å². The van der Waals surface area contributed by atoms with Crippen molar-refractivity contribution < 1.29 is 14.4 Å². The Labute approximate surface area is 189 Å². The fourth-order valence-electron chi connectivity index (χ4n) is 4.07. The van der Waals surface area contributed by atoms with E-state index >= 15 is 0 Å². The van der Waals surface area contributed by atoms with Crippen molar-refractivity contribution in [2.24, 2.45) is 5.41 Å². The third-order valence-electron chi connectivity index (χ3n) is 6.11. The second-order valence-electron chi connectivity index (χ2n) is 9.52. The van der Waals surface area contributed by atoms with Crippen molar-refractivity contribution in [3.05, 3.63) is 42.5 Å². The quantitative estimate of drug-likeness (QED) is 0.647. The molecule has 0 spiro atoms.